The molecule has 1 fully saturated rings. The molecule has 0 aromatic heterocycles. The fourth-order valence-electron chi connectivity index (χ4n) is 3.93. The first-order valence-corrected chi connectivity index (χ1v) is 11.7. The highest BCUT2D eigenvalue weighted by atomic mass is 32.2. The zero-order valence-electron chi connectivity index (χ0n) is 17.5. The van der Waals surface area contributed by atoms with E-state index in [0.717, 1.165) is 18.4 Å². The van der Waals surface area contributed by atoms with Gasteiger partial charge in [-0.05, 0) is 73.6 Å². The predicted molar refractivity (Wildman–Crippen MR) is 117 cm³/mol. The molecule has 5 nitrogen and oxygen atoms in total. The fourth-order valence-corrected chi connectivity index (χ4v) is 5.32. The van der Waals surface area contributed by atoms with Gasteiger partial charge in [-0.1, -0.05) is 38.8 Å². The molecular formula is C23H30N2O3S. The van der Waals surface area contributed by atoms with Crippen LogP contribution >= 0.6 is 0 Å². The van der Waals surface area contributed by atoms with Gasteiger partial charge in [0, 0.05) is 17.3 Å². The first-order valence-electron chi connectivity index (χ1n) is 10.2. The van der Waals surface area contributed by atoms with Crippen molar-refractivity contribution < 1.29 is 13.2 Å². The second-order valence-electron chi connectivity index (χ2n) is 8.30. The summed E-state index contributed by atoms with van der Waals surface area (Å²) in [5, 5.41) is 3.14. The molecule has 2 aromatic rings. The Hall–Kier alpha value is -2.34. The molecule has 3 atom stereocenters. The monoisotopic (exact) mass is 414 g/mol. The molecule has 1 amide bonds. The summed E-state index contributed by atoms with van der Waals surface area (Å²) in [4.78, 5) is 12.9. The highest BCUT2D eigenvalue weighted by Crippen LogP contribution is 2.29. The molecule has 0 saturated heterocycles. The summed E-state index contributed by atoms with van der Waals surface area (Å²) in [6.07, 6.45) is 3.35. The van der Waals surface area contributed by atoms with Crippen molar-refractivity contribution in [3.63, 3.8) is 0 Å². The maximum atomic E-state index is 12.7. The molecule has 6 heteroatoms. The van der Waals surface area contributed by atoms with E-state index in [4.69, 9.17) is 0 Å². The minimum absolute atomic E-state index is 0.111. The van der Waals surface area contributed by atoms with E-state index in [1.54, 1.807) is 43.3 Å². The van der Waals surface area contributed by atoms with E-state index >= 15 is 0 Å². The molecule has 156 valence electrons. The Morgan fingerprint density at radius 2 is 1.69 bits per heavy atom. The van der Waals surface area contributed by atoms with Gasteiger partial charge in [-0.3, -0.25) is 9.52 Å². The molecule has 0 radical (unpaired) electrons. The molecule has 1 aliphatic rings. The molecule has 3 rings (SSSR count). The van der Waals surface area contributed by atoms with Crippen LogP contribution in [0, 0.1) is 25.7 Å². The number of anilines is 1. The van der Waals surface area contributed by atoms with Crippen LogP contribution in [0.25, 0.3) is 0 Å². The first kappa shape index (κ1) is 21.4. The molecule has 0 spiro atoms. The van der Waals surface area contributed by atoms with Crippen LogP contribution in [0.15, 0.2) is 47.4 Å². The van der Waals surface area contributed by atoms with E-state index in [-0.39, 0.29) is 16.8 Å². The van der Waals surface area contributed by atoms with E-state index in [2.05, 4.69) is 23.9 Å². The number of carbonyl (C=O) groups excluding carboxylic acids is 1. The van der Waals surface area contributed by atoms with Gasteiger partial charge in [-0.2, -0.15) is 0 Å². The molecule has 2 N–H and O–H groups in total. The molecule has 2 aromatic carbocycles. The maximum Gasteiger partial charge on any atom is 0.262 e. The molecular weight excluding hydrogens is 384 g/mol. The van der Waals surface area contributed by atoms with E-state index in [0.29, 0.717) is 28.7 Å². The van der Waals surface area contributed by atoms with Crippen LogP contribution in [0.1, 0.15) is 54.6 Å². The minimum atomic E-state index is -3.69. The third-order valence-electron chi connectivity index (χ3n) is 6.06. The Balaban J connectivity index is 1.70. The summed E-state index contributed by atoms with van der Waals surface area (Å²) in [6, 6.07) is 12.1. The van der Waals surface area contributed by atoms with Crippen LogP contribution in [0.3, 0.4) is 0 Å². The molecule has 1 aliphatic carbocycles. The van der Waals surface area contributed by atoms with Crippen molar-refractivity contribution in [3.8, 4) is 0 Å². The normalized spacial score (nSPS) is 22.1. The topological polar surface area (TPSA) is 75.3 Å². The van der Waals surface area contributed by atoms with Crippen molar-refractivity contribution in [1.29, 1.82) is 0 Å². The van der Waals surface area contributed by atoms with Crippen LogP contribution in [0.4, 0.5) is 5.69 Å². The average Bonchev–Trinajstić information content (AvgIpc) is 2.67. The number of benzene rings is 2. The fraction of sp³-hybridized carbons (Fsp3) is 0.435. The van der Waals surface area contributed by atoms with Crippen molar-refractivity contribution in [2.24, 2.45) is 11.8 Å². The summed E-state index contributed by atoms with van der Waals surface area (Å²) in [7, 11) is -3.69. The van der Waals surface area contributed by atoms with Crippen LogP contribution in [0.5, 0.6) is 0 Å². The number of rotatable bonds is 5. The zero-order chi connectivity index (χ0) is 21.2. The number of aryl methyl sites for hydroxylation is 2. The lowest BCUT2D eigenvalue weighted by Gasteiger charge is -2.34. The van der Waals surface area contributed by atoms with Crippen molar-refractivity contribution in [2.45, 2.75) is 57.9 Å². The highest BCUT2D eigenvalue weighted by molar-refractivity contribution is 7.92. The number of hydrogen-bond donors (Lipinski definition) is 2. The van der Waals surface area contributed by atoms with Gasteiger partial charge in [0.15, 0.2) is 0 Å². The van der Waals surface area contributed by atoms with E-state index in [1.807, 2.05) is 13.0 Å². The number of carbonyl (C=O) groups is 1. The van der Waals surface area contributed by atoms with Crippen LogP contribution < -0.4 is 10.0 Å². The Labute approximate surface area is 174 Å². The lowest BCUT2D eigenvalue weighted by atomic mass is 9.78. The second-order valence-corrected chi connectivity index (χ2v) is 9.95. The van der Waals surface area contributed by atoms with Gasteiger partial charge >= 0.3 is 0 Å². The predicted octanol–water partition coefficient (Wildman–Crippen LogP) is 4.66. The van der Waals surface area contributed by atoms with Crippen LogP contribution in [-0.2, 0) is 10.0 Å². The summed E-state index contributed by atoms with van der Waals surface area (Å²) in [5.74, 6) is 0.951. The molecule has 0 aliphatic heterocycles. The van der Waals surface area contributed by atoms with Gasteiger partial charge in [0.25, 0.3) is 15.9 Å². The van der Waals surface area contributed by atoms with Gasteiger partial charge in [0.1, 0.15) is 0 Å². The SMILES string of the molecule is Cc1ccc(C)c(S(=O)(=O)Nc2ccc(C(=O)N[C@H]3CCC[C@@H](C)[C@@H]3C)cc2)c1. The molecule has 0 unspecified atom stereocenters. The third-order valence-corrected chi connectivity index (χ3v) is 7.58. The van der Waals surface area contributed by atoms with Crippen molar-refractivity contribution in [3.05, 3.63) is 59.2 Å². The van der Waals surface area contributed by atoms with E-state index in [1.165, 1.54) is 6.42 Å². The smallest absolute Gasteiger partial charge is 0.262 e. The number of nitrogens with one attached hydrogen (secondary N) is 2. The van der Waals surface area contributed by atoms with Gasteiger partial charge in [0.2, 0.25) is 0 Å². The lowest BCUT2D eigenvalue weighted by molar-refractivity contribution is 0.0891. The second kappa shape index (κ2) is 8.57. The summed E-state index contributed by atoms with van der Waals surface area (Å²) >= 11 is 0. The third kappa shape index (κ3) is 4.99. The zero-order valence-corrected chi connectivity index (χ0v) is 18.3. The van der Waals surface area contributed by atoms with Crippen molar-refractivity contribution in [2.75, 3.05) is 4.72 Å². The van der Waals surface area contributed by atoms with Gasteiger partial charge in [-0.15, -0.1) is 0 Å². The molecule has 29 heavy (non-hydrogen) atoms. The van der Waals surface area contributed by atoms with Gasteiger partial charge < -0.3 is 5.32 Å². The van der Waals surface area contributed by atoms with Gasteiger partial charge in [-0.25, -0.2) is 8.42 Å². The summed E-state index contributed by atoms with van der Waals surface area (Å²) in [5.41, 5.74) is 2.54. The first-order chi connectivity index (χ1) is 13.7. The van der Waals surface area contributed by atoms with E-state index in [9.17, 15) is 13.2 Å². The number of hydrogen-bond acceptors (Lipinski definition) is 3. The quantitative estimate of drug-likeness (QED) is 0.747. The van der Waals surface area contributed by atoms with Crippen LogP contribution in [0.2, 0.25) is 0 Å². The Bertz CT molecular complexity index is 984. The number of amides is 1. The lowest BCUT2D eigenvalue weighted by Crippen LogP contribution is -2.43. The van der Waals surface area contributed by atoms with Crippen LogP contribution in [-0.4, -0.2) is 20.4 Å². The Morgan fingerprint density at radius 1 is 1.00 bits per heavy atom. The van der Waals surface area contributed by atoms with E-state index < -0.39 is 10.0 Å². The Kier molecular flexibility index (Phi) is 6.32. The van der Waals surface area contributed by atoms with Crippen molar-refractivity contribution >= 4 is 21.6 Å². The van der Waals surface area contributed by atoms with Gasteiger partial charge in [0.05, 0.1) is 4.90 Å². The Morgan fingerprint density at radius 3 is 2.38 bits per heavy atom. The summed E-state index contributed by atoms with van der Waals surface area (Å²) < 4.78 is 28.1. The highest BCUT2D eigenvalue weighted by Gasteiger charge is 2.28. The number of sulfonamides is 1. The molecule has 0 bridgehead atoms. The largest absolute Gasteiger partial charge is 0.349 e. The standard InChI is InChI=1S/C23H30N2O3S/c1-15-8-9-17(3)22(14-15)29(27,28)25-20-12-10-19(11-13-20)23(26)24-21-7-5-6-16(2)18(21)4/h8-14,16,18,21,25H,5-7H2,1-4H3,(H,24,26)/t16-,18+,21+/m1/s1. The maximum absolute atomic E-state index is 12.7. The molecule has 0 heterocycles. The minimum Gasteiger partial charge on any atom is -0.349 e. The van der Waals surface area contributed by atoms with Crippen molar-refractivity contribution in [1.82, 2.24) is 5.32 Å². The summed E-state index contributed by atoms with van der Waals surface area (Å²) in [6.45, 7) is 8.06. The average molecular weight is 415 g/mol. The molecule has 1 saturated carbocycles.